The number of benzene rings is 1. The summed E-state index contributed by atoms with van der Waals surface area (Å²) in [6, 6.07) is 7.95. The van der Waals surface area contributed by atoms with Crippen molar-refractivity contribution >= 4 is 41.5 Å². The maximum atomic E-state index is 11.7. The summed E-state index contributed by atoms with van der Waals surface area (Å²) in [4.78, 5) is 18.9. The van der Waals surface area contributed by atoms with Gasteiger partial charge in [0.2, 0.25) is 5.91 Å². The highest BCUT2D eigenvalue weighted by molar-refractivity contribution is 14.0. The molecular formula is C20H33IN4O. The molecule has 1 unspecified atom stereocenters. The number of guanidine groups is 1. The monoisotopic (exact) mass is 472 g/mol. The minimum absolute atomic E-state index is 0. The van der Waals surface area contributed by atoms with Crippen molar-refractivity contribution < 1.29 is 4.79 Å². The number of hydrogen-bond donors (Lipinski definition) is 2. The second kappa shape index (κ2) is 11.4. The van der Waals surface area contributed by atoms with E-state index in [0.717, 1.165) is 42.8 Å². The standard InChI is InChI=1S/C20H32N4O.HI/c1-5-21-20(24-12-6-7-16(4)14-24)22-13-17-8-10-18(11-9-17)23-19(25)15(2)3;/h8-11,15-16H,5-7,12-14H2,1-4H3,(H,21,22)(H,23,25);1H. The number of carbonyl (C=O) groups excluding carboxylic acids is 1. The zero-order valence-corrected chi connectivity index (χ0v) is 18.7. The number of rotatable bonds is 5. The molecule has 1 saturated heterocycles. The number of anilines is 1. The molecule has 1 fully saturated rings. The van der Waals surface area contributed by atoms with Crippen LogP contribution in [0.2, 0.25) is 0 Å². The molecule has 1 aromatic rings. The molecule has 2 rings (SSSR count). The molecular weight excluding hydrogens is 439 g/mol. The zero-order chi connectivity index (χ0) is 18.2. The Hall–Kier alpha value is -1.31. The van der Waals surface area contributed by atoms with Gasteiger partial charge in [-0.05, 0) is 43.4 Å². The lowest BCUT2D eigenvalue weighted by molar-refractivity contribution is -0.118. The Labute approximate surface area is 175 Å². The van der Waals surface area contributed by atoms with Crippen LogP contribution in [0.3, 0.4) is 0 Å². The van der Waals surface area contributed by atoms with Gasteiger partial charge in [0.05, 0.1) is 6.54 Å². The number of nitrogens with zero attached hydrogens (tertiary/aromatic N) is 2. The third-order valence-electron chi connectivity index (χ3n) is 4.45. The highest BCUT2D eigenvalue weighted by Gasteiger charge is 2.19. The largest absolute Gasteiger partial charge is 0.357 e. The average Bonchev–Trinajstić information content (AvgIpc) is 2.59. The van der Waals surface area contributed by atoms with E-state index in [9.17, 15) is 4.79 Å². The van der Waals surface area contributed by atoms with Gasteiger partial charge in [-0.1, -0.05) is 32.9 Å². The third-order valence-corrected chi connectivity index (χ3v) is 4.45. The van der Waals surface area contributed by atoms with E-state index >= 15 is 0 Å². The van der Waals surface area contributed by atoms with E-state index in [1.807, 2.05) is 38.1 Å². The minimum atomic E-state index is -0.0149. The van der Waals surface area contributed by atoms with Gasteiger partial charge in [-0.15, -0.1) is 24.0 Å². The Morgan fingerprint density at radius 1 is 1.31 bits per heavy atom. The Kier molecular flexibility index (Phi) is 9.98. The van der Waals surface area contributed by atoms with E-state index < -0.39 is 0 Å². The van der Waals surface area contributed by atoms with E-state index in [-0.39, 0.29) is 35.8 Å². The van der Waals surface area contributed by atoms with E-state index in [1.165, 1.54) is 12.8 Å². The van der Waals surface area contributed by atoms with Gasteiger partial charge in [-0.2, -0.15) is 0 Å². The van der Waals surface area contributed by atoms with E-state index in [4.69, 9.17) is 4.99 Å². The molecule has 0 aliphatic carbocycles. The van der Waals surface area contributed by atoms with Crippen LogP contribution in [0.25, 0.3) is 0 Å². The van der Waals surface area contributed by atoms with Gasteiger partial charge in [0.15, 0.2) is 5.96 Å². The summed E-state index contributed by atoms with van der Waals surface area (Å²) in [5.41, 5.74) is 1.98. The summed E-state index contributed by atoms with van der Waals surface area (Å²) in [5, 5.41) is 6.33. The van der Waals surface area contributed by atoms with Crippen molar-refractivity contribution in [3.8, 4) is 0 Å². The second-order valence-electron chi connectivity index (χ2n) is 7.20. The Morgan fingerprint density at radius 2 is 2.00 bits per heavy atom. The van der Waals surface area contributed by atoms with Gasteiger partial charge in [0, 0.05) is 31.2 Å². The third kappa shape index (κ3) is 7.13. The summed E-state index contributed by atoms with van der Waals surface area (Å²) >= 11 is 0. The first-order valence-corrected chi connectivity index (χ1v) is 9.42. The van der Waals surface area contributed by atoms with Gasteiger partial charge in [-0.25, -0.2) is 4.99 Å². The quantitative estimate of drug-likeness (QED) is 0.386. The molecule has 1 aliphatic heterocycles. The molecule has 0 radical (unpaired) electrons. The van der Waals surface area contributed by atoms with Gasteiger partial charge >= 0.3 is 0 Å². The smallest absolute Gasteiger partial charge is 0.226 e. The number of carbonyl (C=O) groups is 1. The van der Waals surface area contributed by atoms with Crippen LogP contribution in [0.4, 0.5) is 5.69 Å². The van der Waals surface area contributed by atoms with E-state index in [0.29, 0.717) is 6.54 Å². The molecule has 6 heteroatoms. The SMILES string of the molecule is CCNC(=NCc1ccc(NC(=O)C(C)C)cc1)N1CCCC(C)C1.I. The summed E-state index contributed by atoms with van der Waals surface area (Å²) < 4.78 is 0. The number of amides is 1. The number of piperidine rings is 1. The zero-order valence-electron chi connectivity index (χ0n) is 16.4. The summed E-state index contributed by atoms with van der Waals surface area (Å²) in [5.74, 6) is 1.76. The first kappa shape index (κ1) is 22.7. The minimum Gasteiger partial charge on any atom is -0.357 e. The number of halogens is 1. The molecule has 0 saturated carbocycles. The highest BCUT2D eigenvalue weighted by Crippen LogP contribution is 2.16. The van der Waals surface area contributed by atoms with Gasteiger partial charge in [0.25, 0.3) is 0 Å². The number of aliphatic imine (C=N–C) groups is 1. The maximum absolute atomic E-state index is 11.7. The number of nitrogens with one attached hydrogen (secondary N) is 2. The Bertz CT molecular complexity index is 586. The molecule has 0 aromatic heterocycles. The fourth-order valence-electron chi connectivity index (χ4n) is 2.95. The predicted octanol–water partition coefficient (Wildman–Crippen LogP) is 4.10. The molecule has 146 valence electrons. The summed E-state index contributed by atoms with van der Waals surface area (Å²) in [7, 11) is 0. The molecule has 1 amide bonds. The Balaban J connectivity index is 0.00000338. The lowest BCUT2D eigenvalue weighted by atomic mass is 10.0. The number of hydrogen-bond acceptors (Lipinski definition) is 2. The molecule has 1 atom stereocenters. The van der Waals surface area contributed by atoms with Crippen LogP contribution in [0.5, 0.6) is 0 Å². The van der Waals surface area contributed by atoms with Crippen LogP contribution in [0.15, 0.2) is 29.3 Å². The first-order valence-electron chi connectivity index (χ1n) is 9.42. The lowest BCUT2D eigenvalue weighted by Gasteiger charge is -2.33. The molecule has 26 heavy (non-hydrogen) atoms. The fraction of sp³-hybridized carbons (Fsp3) is 0.600. The Morgan fingerprint density at radius 3 is 2.58 bits per heavy atom. The van der Waals surface area contributed by atoms with Crippen molar-refractivity contribution in [1.82, 2.24) is 10.2 Å². The highest BCUT2D eigenvalue weighted by atomic mass is 127. The van der Waals surface area contributed by atoms with Crippen LogP contribution in [-0.2, 0) is 11.3 Å². The van der Waals surface area contributed by atoms with E-state index in [2.05, 4.69) is 29.4 Å². The molecule has 5 nitrogen and oxygen atoms in total. The molecule has 1 heterocycles. The van der Waals surface area contributed by atoms with Crippen LogP contribution >= 0.6 is 24.0 Å². The van der Waals surface area contributed by atoms with Gasteiger partial charge < -0.3 is 15.5 Å². The van der Waals surface area contributed by atoms with Crippen LogP contribution in [0, 0.1) is 11.8 Å². The van der Waals surface area contributed by atoms with Crippen molar-refractivity contribution in [3.63, 3.8) is 0 Å². The fourth-order valence-corrected chi connectivity index (χ4v) is 2.95. The van der Waals surface area contributed by atoms with Crippen molar-refractivity contribution in [2.24, 2.45) is 16.8 Å². The lowest BCUT2D eigenvalue weighted by Crippen LogP contribution is -2.46. The normalized spacial score (nSPS) is 17.7. The van der Waals surface area contributed by atoms with Crippen molar-refractivity contribution in [3.05, 3.63) is 29.8 Å². The number of likely N-dealkylation sites (tertiary alicyclic amines) is 1. The second-order valence-corrected chi connectivity index (χ2v) is 7.20. The van der Waals surface area contributed by atoms with Gasteiger partial charge in [0.1, 0.15) is 0 Å². The molecule has 1 aromatic carbocycles. The predicted molar refractivity (Wildman–Crippen MR) is 120 cm³/mol. The molecule has 0 bridgehead atoms. The first-order chi connectivity index (χ1) is 12.0. The average molecular weight is 472 g/mol. The molecule has 2 N–H and O–H groups in total. The van der Waals surface area contributed by atoms with Crippen LogP contribution < -0.4 is 10.6 Å². The summed E-state index contributed by atoms with van der Waals surface area (Å²) in [6.07, 6.45) is 2.54. The summed E-state index contributed by atoms with van der Waals surface area (Å²) in [6.45, 7) is 11.9. The van der Waals surface area contributed by atoms with Crippen molar-refractivity contribution in [2.75, 3.05) is 25.0 Å². The van der Waals surface area contributed by atoms with Crippen LogP contribution in [-0.4, -0.2) is 36.4 Å². The van der Waals surface area contributed by atoms with Crippen molar-refractivity contribution in [2.45, 2.75) is 47.1 Å². The molecule has 0 spiro atoms. The van der Waals surface area contributed by atoms with Crippen LogP contribution in [0.1, 0.15) is 46.1 Å². The van der Waals surface area contributed by atoms with Crippen molar-refractivity contribution in [1.29, 1.82) is 0 Å². The van der Waals surface area contributed by atoms with Gasteiger partial charge in [-0.3, -0.25) is 4.79 Å². The molecule has 1 aliphatic rings. The van der Waals surface area contributed by atoms with E-state index in [1.54, 1.807) is 0 Å². The maximum Gasteiger partial charge on any atom is 0.226 e. The topological polar surface area (TPSA) is 56.7 Å².